The number of ether oxygens (including phenoxy) is 3. The maximum absolute atomic E-state index is 12.5. The molecule has 0 spiro atoms. The number of anilines is 1. The summed E-state index contributed by atoms with van der Waals surface area (Å²) in [5, 5.41) is 15.6. The molecule has 0 saturated carbocycles. The van der Waals surface area contributed by atoms with Crippen molar-refractivity contribution in [1.29, 1.82) is 0 Å². The summed E-state index contributed by atoms with van der Waals surface area (Å²) in [6.07, 6.45) is 2.90. The zero-order chi connectivity index (χ0) is 22.5. The minimum Gasteiger partial charge on any atom is -0.487 e. The predicted molar refractivity (Wildman–Crippen MR) is 115 cm³/mol. The summed E-state index contributed by atoms with van der Waals surface area (Å²) in [6.45, 7) is 0.179. The van der Waals surface area contributed by atoms with Crippen LogP contribution < -0.4 is 15.4 Å². The molecule has 9 heteroatoms. The molecule has 2 aromatic rings. The van der Waals surface area contributed by atoms with Gasteiger partial charge in [0, 0.05) is 43.2 Å². The lowest BCUT2D eigenvalue weighted by Gasteiger charge is -2.37. The first-order valence-corrected chi connectivity index (χ1v) is 10.6. The number of benzene rings is 1. The highest BCUT2D eigenvalue weighted by atomic mass is 16.6. The van der Waals surface area contributed by atoms with Crippen molar-refractivity contribution in [3.63, 3.8) is 0 Å². The van der Waals surface area contributed by atoms with Crippen LogP contribution >= 0.6 is 0 Å². The smallest absolute Gasteiger partial charge is 0.250 e. The number of aliphatic hydroxyl groups excluding tert-OH is 1. The zero-order valence-corrected chi connectivity index (χ0v) is 17.8. The van der Waals surface area contributed by atoms with Crippen LogP contribution in [0.4, 0.5) is 5.69 Å². The van der Waals surface area contributed by atoms with Crippen LogP contribution in [0.5, 0.6) is 5.75 Å². The number of carbonyl (C=O) groups excluding carboxylic acids is 2. The van der Waals surface area contributed by atoms with E-state index in [0.29, 0.717) is 24.4 Å². The van der Waals surface area contributed by atoms with Crippen LogP contribution in [-0.4, -0.2) is 60.5 Å². The second kappa shape index (κ2) is 10.1. The standard InChI is InChI=1S/C23H27N3O6/c1-30-13-22(29)26-15-2-3-19-17(8-15)18-9-16(31-20(12-27)23(18)32-19)10-21(28)25-11-14-4-6-24-7-5-14/h2-8,16,18,20,23,27H,9-13H2,1H3,(H,25,28)(H,26,29)/t16-,18-,20-,23+/m1/s1. The Morgan fingerprint density at radius 3 is 2.78 bits per heavy atom. The van der Waals surface area contributed by atoms with Crippen molar-refractivity contribution in [3.05, 3.63) is 53.9 Å². The summed E-state index contributed by atoms with van der Waals surface area (Å²) in [4.78, 5) is 28.3. The van der Waals surface area contributed by atoms with E-state index in [2.05, 4.69) is 15.6 Å². The maximum atomic E-state index is 12.5. The quantitative estimate of drug-likeness (QED) is 0.566. The lowest BCUT2D eigenvalue weighted by atomic mass is 9.84. The van der Waals surface area contributed by atoms with Crippen molar-refractivity contribution in [2.75, 3.05) is 25.6 Å². The molecule has 32 heavy (non-hydrogen) atoms. The Hall–Kier alpha value is -3.01. The van der Waals surface area contributed by atoms with Crippen molar-refractivity contribution in [3.8, 4) is 5.75 Å². The lowest BCUT2D eigenvalue weighted by molar-refractivity contribution is -0.142. The van der Waals surface area contributed by atoms with Gasteiger partial charge in [0.25, 0.3) is 0 Å². The van der Waals surface area contributed by atoms with Crippen LogP contribution in [-0.2, 0) is 25.6 Å². The van der Waals surface area contributed by atoms with Crippen molar-refractivity contribution >= 4 is 17.5 Å². The van der Waals surface area contributed by atoms with E-state index in [1.807, 2.05) is 18.2 Å². The molecule has 4 atom stereocenters. The Morgan fingerprint density at radius 1 is 1.22 bits per heavy atom. The Balaban J connectivity index is 1.42. The first kappa shape index (κ1) is 22.2. The Morgan fingerprint density at radius 2 is 2.03 bits per heavy atom. The van der Waals surface area contributed by atoms with Gasteiger partial charge in [-0.1, -0.05) is 0 Å². The van der Waals surface area contributed by atoms with Crippen LogP contribution in [0.3, 0.4) is 0 Å². The number of hydrogen-bond donors (Lipinski definition) is 3. The topological polar surface area (TPSA) is 119 Å². The van der Waals surface area contributed by atoms with Crippen LogP contribution in [0, 0.1) is 0 Å². The van der Waals surface area contributed by atoms with Crippen LogP contribution in [0.2, 0.25) is 0 Å². The molecule has 0 unspecified atom stereocenters. The number of hydrogen-bond acceptors (Lipinski definition) is 7. The Kier molecular flexibility index (Phi) is 6.99. The molecule has 0 bridgehead atoms. The van der Waals surface area contributed by atoms with Crippen molar-refractivity contribution < 1.29 is 28.9 Å². The van der Waals surface area contributed by atoms with Gasteiger partial charge in [0.1, 0.15) is 24.6 Å². The molecule has 2 amide bonds. The van der Waals surface area contributed by atoms with Gasteiger partial charge in [-0.2, -0.15) is 0 Å². The fraction of sp³-hybridized carbons (Fsp3) is 0.435. The molecule has 1 aromatic heterocycles. The molecule has 2 aliphatic heterocycles. The molecule has 9 nitrogen and oxygen atoms in total. The number of nitrogens with one attached hydrogen (secondary N) is 2. The molecule has 170 valence electrons. The second-order valence-corrected chi connectivity index (χ2v) is 7.97. The van der Waals surface area contributed by atoms with Gasteiger partial charge in [0.05, 0.1) is 19.1 Å². The average molecular weight is 441 g/mol. The average Bonchev–Trinajstić information content (AvgIpc) is 3.16. The fourth-order valence-corrected chi connectivity index (χ4v) is 4.28. The van der Waals surface area contributed by atoms with Gasteiger partial charge in [0.2, 0.25) is 11.8 Å². The first-order valence-electron chi connectivity index (χ1n) is 10.6. The molecule has 0 radical (unpaired) electrons. The first-order chi connectivity index (χ1) is 15.6. The van der Waals surface area contributed by atoms with E-state index >= 15 is 0 Å². The summed E-state index contributed by atoms with van der Waals surface area (Å²) < 4.78 is 16.9. The Bertz CT molecular complexity index is 954. The number of pyridine rings is 1. The molecular weight excluding hydrogens is 414 g/mol. The Labute approximate surface area is 186 Å². The summed E-state index contributed by atoms with van der Waals surface area (Å²) in [5.41, 5.74) is 2.55. The molecule has 3 N–H and O–H groups in total. The molecule has 4 rings (SSSR count). The van der Waals surface area contributed by atoms with E-state index in [1.165, 1.54) is 7.11 Å². The van der Waals surface area contributed by atoms with Crippen molar-refractivity contribution in [2.24, 2.45) is 0 Å². The summed E-state index contributed by atoms with van der Waals surface area (Å²) in [6, 6.07) is 9.15. The molecule has 1 aromatic carbocycles. The molecule has 1 saturated heterocycles. The van der Waals surface area contributed by atoms with Gasteiger partial charge in [-0.3, -0.25) is 14.6 Å². The number of fused-ring (bicyclic) bond motifs is 3. The number of aliphatic hydroxyl groups is 1. The fourth-order valence-electron chi connectivity index (χ4n) is 4.28. The normalized spacial score (nSPS) is 23.6. The van der Waals surface area contributed by atoms with Gasteiger partial charge >= 0.3 is 0 Å². The predicted octanol–water partition coefficient (Wildman–Crippen LogP) is 1.37. The second-order valence-electron chi connectivity index (χ2n) is 7.97. The third-order valence-electron chi connectivity index (χ3n) is 5.71. The minimum atomic E-state index is -0.536. The zero-order valence-electron chi connectivity index (χ0n) is 17.8. The third-order valence-corrected chi connectivity index (χ3v) is 5.71. The molecule has 0 aliphatic carbocycles. The number of aromatic nitrogens is 1. The van der Waals surface area contributed by atoms with Gasteiger partial charge in [0.15, 0.2) is 0 Å². The van der Waals surface area contributed by atoms with Crippen LogP contribution in [0.25, 0.3) is 0 Å². The van der Waals surface area contributed by atoms with Crippen molar-refractivity contribution in [2.45, 2.75) is 43.6 Å². The molecule has 3 heterocycles. The number of rotatable bonds is 8. The van der Waals surface area contributed by atoms with E-state index in [9.17, 15) is 14.7 Å². The monoisotopic (exact) mass is 441 g/mol. The van der Waals surface area contributed by atoms with E-state index in [1.54, 1.807) is 24.5 Å². The van der Waals surface area contributed by atoms with E-state index < -0.39 is 6.10 Å². The van der Waals surface area contributed by atoms with Gasteiger partial charge < -0.3 is 30.0 Å². The third kappa shape index (κ3) is 5.07. The highest BCUT2D eigenvalue weighted by Gasteiger charge is 2.46. The van der Waals surface area contributed by atoms with E-state index in [-0.39, 0.29) is 49.6 Å². The molecule has 2 aliphatic rings. The van der Waals surface area contributed by atoms with Gasteiger partial charge in [-0.05, 0) is 42.3 Å². The molecular formula is C23H27N3O6. The summed E-state index contributed by atoms with van der Waals surface area (Å²) in [7, 11) is 1.46. The van der Waals surface area contributed by atoms with Gasteiger partial charge in [-0.15, -0.1) is 0 Å². The minimum absolute atomic E-state index is 0.0310. The maximum Gasteiger partial charge on any atom is 0.250 e. The van der Waals surface area contributed by atoms with Crippen LogP contribution in [0.15, 0.2) is 42.7 Å². The number of carbonyl (C=O) groups is 2. The SMILES string of the molecule is COCC(=O)Nc1ccc2c(c1)[C@H]1C[C@H](CC(=O)NCc3ccncc3)O[C@H](CO)[C@H]1O2. The van der Waals surface area contributed by atoms with E-state index in [4.69, 9.17) is 14.2 Å². The van der Waals surface area contributed by atoms with Crippen molar-refractivity contribution in [1.82, 2.24) is 10.3 Å². The van der Waals surface area contributed by atoms with Crippen LogP contribution in [0.1, 0.15) is 29.9 Å². The number of methoxy groups -OCH3 is 1. The summed E-state index contributed by atoms with van der Waals surface area (Å²) in [5.74, 6) is 0.288. The largest absolute Gasteiger partial charge is 0.487 e. The lowest BCUT2D eigenvalue weighted by Crippen LogP contribution is -2.47. The highest BCUT2D eigenvalue weighted by Crippen LogP contribution is 2.47. The van der Waals surface area contributed by atoms with Gasteiger partial charge in [-0.25, -0.2) is 0 Å². The summed E-state index contributed by atoms with van der Waals surface area (Å²) >= 11 is 0. The number of nitrogens with zero attached hydrogens (tertiary/aromatic N) is 1. The van der Waals surface area contributed by atoms with E-state index in [0.717, 1.165) is 11.1 Å². The highest BCUT2D eigenvalue weighted by molar-refractivity contribution is 5.92. The number of amides is 2. The molecule has 1 fully saturated rings.